The molecule has 1 aliphatic carbocycles. The molecule has 170 valence electrons. The Morgan fingerprint density at radius 1 is 0.875 bits per heavy atom. The Balaban J connectivity index is 1.34. The standard InChI is InChI=1S/C24H27Cl2N3O3/c25-20-6-3-7-21(22(20)26)29-14-12-28(13-15-29)17-10-8-16(9-11-17)27-23(30)18-4-1-2-5-19(18)24(31)32/h3,6-11,18-19H,1-2,4-5,12-15H2,(H,27,30)(H,31,32)/t18-,19-/m0/s1. The fraction of sp³-hybridized carbons (Fsp3) is 0.417. The Hall–Kier alpha value is -2.44. The zero-order valence-electron chi connectivity index (χ0n) is 17.8. The van der Waals surface area contributed by atoms with Crippen molar-refractivity contribution in [2.24, 2.45) is 11.8 Å². The van der Waals surface area contributed by atoms with Crippen molar-refractivity contribution in [2.45, 2.75) is 25.7 Å². The maximum absolute atomic E-state index is 12.7. The fourth-order valence-corrected chi connectivity index (χ4v) is 5.09. The van der Waals surface area contributed by atoms with Gasteiger partial charge in [0.2, 0.25) is 5.91 Å². The second kappa shape index (κ2) is 10.0. The van der Waals surface area contributed by atoms with Gasteiger partial charge in [0.25, 0.3) is 0 Å². The zero-order chi connectivity index (χ0) is 22.7. The maximum Gasteiger partial charge on any atom is 0.307 e. The summed E-state index contributed by atoms with van der Waals surface area (Å²) in [5.74, 6) is -2.13. The highest BCUT2D eigenvalue weighted by Gasteiger charge is 2.35. The number of benzene rings is 2. The molecule has 2 aliphatic rings. The molecule has 0 spiro atoms. The van der Waals surface area contributed by atoms with Gasteiger partial charge in [0.05, 0.1) is 27.6 Å². The van der Waals surface area contributed by atoms with Crippen molar-refractivity contribution in [3.8, 4) is 0 Å². The first-order chi connectivity index (χ1) is 15.4. The van der Waals surface area contributed by atoms with E-state index in [1.54, 1.807) is 6.07 Å². The van der Waals surface area contributed by atoms with Crippen molar-refractivity contribution in [2.75, 3.05) is 41.3 Å². The number of aliphatic carboxylic acids is 1. The van der Waals surface area contributed by atoms with Crippen LogP contribution in [0, 0.1) is 11.8 Å². The van der Waals surface area contributed by atoms with Gasteiger partial charge in [-0.1, -0.05) is 42.1 Å². The molecular formula is C24H27Cl2N3O3. The van der Waals surface area contributed by atoms with Crippen molar-refractivity contribution in [3.63, 3.8) is 0 Å². The third-order valence-electron chi connectivity index (χ3n) is 6.47. The molecule has 2 fully saturated rings. The topological polar surface area (TPSA) is 72.9 Å². The van der Waals surface area contributed by atoms with Crippen LogP contribution in [0.5, 0.6) is 0 Å². The van der Waals surface area contributed by atoms with Gasteiger partial charge in [-0.25, -0.2) is 0 Å². The summed E-state index contributed by atoms with van der Waals surface area (Å²) in [6.07, 6.45) is 2.96. The molecule has 2 atom stereocenters. The quantitative estimate of drug-likeness (QED) is 0.625. The number of carbonyl (C=O) groups is 2. The number of halogens is 2. The predicted molar refractivity (Wildman–Crippen MR) is 129 cm³/mol. The average Bonchev–Trinajstić information content (AvgIpc) is 2.81. The van der Waals surface area contributed by atoms with Crippen LogP contribution in [-0.4, -0.2) is 43.2 Å². The van der Waals surface area contributed by atoms with E-state index in [2.05, 4.69) is 15.1 Å². The maximum atomic E-state index is 12.7. The average molecular weight is 476 g/mol. The van der Waals surface area contributed by atoms with Crippen LogP contribution in [0.25, 0.3) is 0 Å². The van der Waals surface area contributed by atoms with E-state index in [1.165, 1.54) is 0 Å². The molecule has 2 aromatic rings. The lowest BCUT2D eigenvalue weighted by Crippen LogP contribution is -2.46. The van der Waals surface area contributed by atoms with Crippen LogP contribution in [0.3, 0.4) is 0 Å². The highest BCUT2D eigenvalue weighted by molar-refractivity contribution is 6.43. The van der Waals surface area contributed by atoms with Crippen molar-refractivity contribution in [1.82, 2.24) is 0 Å². The van der Waals surface area contributed by atoms with Gasteiger partial charge in [-0.2, -0.15) is 0 Å². The van der Waals surface area contributed by atoms with Gasteiger partial charge in [0.1, 0.15) is 0 Å². The first kappa shape index (κ1) is 22.7. The summed E-state index contributed by atoms with van der Waals surface area (Å²) in [6.45, 7) is 3.35. The molecule has 1 amide bonds. The molecule has 4 rings (SSSR count). The van der Waals surface area contributed by atoms with Crippen LogP contribution < -0.4 is 15.1 Å². The molecule has 1 saturated carbocycles. The molecule has 1 aliphatic heterocycles. The Morgan fingerprint density at radius 3 is 2.16 bits per heavy atom. The van der Waals surface area contributed by atoms with Crippen LogP contribution in [0.1, 0.15) is 25.7 Å². The number of piperazine rings is 1. The third kappa shape index (κ3) is 4.97. The Morgan fingerprint density at radius 2 is 1.50 bits per heavy atom. The molecular weight excluding hydrogens is 449 g/mol. The van der Waals surface area contributed by atoms with Crippen molar-refractivity contribution in [1.29, 1.82) is 0 Å². The summed E-state index contributed by atoms with van der Waals surface area (Å²) >= 11 is 12.5. The van der Waals surface area contributed by atoms with Crippen LogP contribution in [0.2, 0.25) is 10.0 Å². The van der Waals surface area contributed by atoms with Crippen LogP contribution in [0.15, 0.2) is 42.5 Å². The first-order valence-electron chi connectivity index (χ1n) is 11.0. The number of amides is 1. The van der Waals surface area contributed by atoms with Gasteiger partial charge in [0, 0.05) is 37.6 Å². The van der Waals surface area contributed by atoms with Crippen LogP contribution in [0.4, 0.5) is 17.1 Å². The van der Waals surface area contributed by atoms with Gasteiger partial charge in [-0.05, 0) is 49.2 Å². The van der Waals surface area contributed by atoms with Gasteiger partial charge in [-0.15, -0.1) is 0 Å². The molecule has 2 aromatic carbocycles. The number of carbonyl (C=O) groups excluding carboxylic acids is 1. The molecule has 6 nitrogen and oxygen atoms in total. The third-order valence-corrected chi connectivity index (χ3v) is 7.28. The molecule has 1 heterocycles. The molecule has 0 radical (unpaired) electrons. The highest BCUT2D eigenvalue weighted by Crippen LogP contribution is 2.34. The van der Waals surface area contributed by atoms with Crippen LogP contribution in [-0.2, 0) is 9.59 Å². The minimum atomic E-state index is -0.876. The summed E-state index contributed by atoms with van der Waals surface area (Å²) in [5.41, 5.74) is 2.73. The monoisotopic (exact) mass is 475 g/mol. The number of rotatable bonds is 5. The van der Waals surface area contributed by atoms with E-state index in [-0.39, 0.29) is 5.91 Å². The molecule has 1 saturated heterocycles. The Labute approximate surface area is 198 Å². The van der Waals surface area contributed by atoms with Crippen LogP contribution >= 0.6 is 23.2 Å². The molecule has 0 bridgehead atoms. The molecule has 32 heavy (non-hydrogen) atoms. The van der Waals surface area contributed by atoms with Gasteiger partial charge in [0.15, 0.2) is 0 Å². The Kier molecular flexibility index (Phi) is 7.11. The molecule has 2 N–H and O–H groups in total. The summed E-state index contributed by atoms with van der Waals surface area (Å²) in [5, 5.41) is 13.5. The summed E-state index contributed by atoms with van der Waals surface area (Å²) in [4.78, 5) is 28.7. The normalized spacial score (nSPS) is 21.3. The number of hydrogen-bond donors (Lipinski definition) is 2. The predicted octanol–water partition coefficient (Wildman–Crippen LogP) is 5.15. The van der Waals surface area contributed by atoms with E-state index in [0.717, 1.165) is 50.4 Å². The molecule has 0 aromatic heterocycles. The lowest BCUT2D eigenvalue weighted by molar-refractivity contribution is -0.147. The van der Waals surface area contributed by atoms with E-state index in [0.29, 0.717) is 28.6 Å². The van der Waals surface area contributed by atoms with E-state index in [1.807, 2.05) is 36.4 Å². The van der Waals surface area contributed by atoms with Gasteiger partial charge >= 0.3 is 5.97 Å². The summed E-state index contributed by atoms with van der Waals surface area (Å²) in [6, 6.07) is 13.4. The largest absolute Gasteiger partial charge is 0.481 e. The zero-order valence-corrected chi connectivity index (χ0v) is 19.3. The number of nitrogens with one attached hydrogen (secondary N) is 1. The summed E-state index contributed by atoms with van der Waals surface area (Å²) < 4.78 is 0. The van der Waals surface area contributed by atoms with Crippen molar-refractivity contribution >= 4 is 52.1 Å². The minimum Gasteiger partial charge on any atom is -0.481 e. The number of carboxylic acids is 1. The second-order valence-electron chi connectivity index (χ2n) is 8.42. The van der Waals surface area contributed by atoms with Gasteiger partial charge < -0.3 is 20.2 Å². The number of carboxylic acid groups (broad SMARTS) is 1. The number of anilines is 3. The smallest absolute Gasteiger partial charge is 0.307 e. The summed E-state index contributed by atoms with van der Waals surface area (Å²) in [7, 11) is 0. The Bertz CT molecular complexity index is 975. The van der Waals surface area contributed by atoms with Crippen molar-refractivity contribution < 1.29 is 14.7 Å². The van der Waals surface area contributed by atoms with Crippen molar-refractivity contribution in [3.05, 3.63) is 52.5 Å². The molecule has 8 heteroatoms. The van der Waals surface area contributed by atoms with E-state index in [4.69, 9.17) is 23.2 Å². The molecule has 0 unspecified atom stereocenters. The van der Waals surface area contributed by atoms with E-state index in [9.17, 15) is 14.7 Å². The minimum absolute atomic E-state index is 0.197. The van der Waals surface area contributed by atoms with Gasteiger partial charge in [-0.3, -0.25) is 9.59 Å². The fourth-order valence-electron chi connectivity index (χ4n) is 4.67. The SMILES string of the molecule is O=C(O)[C@H]1CCCC[C@@H]1C(=O)Nc1ccc(N2CCN(c3cccc(Cl)c3Cl)CC2)cc1. The van der Waals surface area contributed by atoms with E-state index >= 15 is 0 Å². The second-order valence-corrected chi connectivity index (χ2v) is 9.20. The lowest BCUT2D eigenvalue weighted by atomic mass is 9.78. The highest BCUT2D eigenvalue weighted by atomic mass is 35.5. The van der Waals surface area contributed by atoms with E-state index < -0.39 is 17.8 Å². The first-order valence-corrected chi connectivity index (χ1v) is 11.8. The number of nitrogens with zero attached hydrogens (tertiary/aromatic N) is 2. The lowest BCUT2D eigenvalue weighted by Gasteiger charge is -2.37. The number of hydrogen-bond acceptors (Lipinski definition) is 4.